The lowest BCUT2D eigenvalue weighted by Gasteiger charge is -2.39. The van der Waals surface area contributed by atoms with Gasteiger partial charge in [-0.3, -0.25) is 4.79 Å². The van der Waals surface area contributed by atoms with E-state index in [9.17, 15) is 4.79 Å². The average Bonchev–Trinajstić information content (AvgIpc) is 2.90. The van der Waals surface area contributed by atoms with Crippen LogP contribution in [0.2, 0.25) is 0 Å². The van der Waals surface area contributed by atoms with E-state index in [1.807, 2.05) is 12.2 Å². The van der Waals surface area contributed by atoms with Gasteiger partial charge in [0, 0.05) is 17.8 Å². The fraction of sp³-hybridized carbons (Fsp3) is 0.562. The Hall–Kier alpha value is -1.31. The highest BCUT2D eigenvalue weighted by Gasteiger charge is 2.63. The molecule has 0 N–H and O–H groups in total. The molecule has 3 aliphatic rings. The zero-order valence-corrected chi connectivity index (χ0v) is 10.7. The Morgan fingerprint density at radius 2 is 1.78 bits per heavy atom. The van der Waals surface area contributed by atoms with Gasteiger partial charge < -0.3 is 4.74 Å². The summed E-state index contributed by atoms with van der Waals surface area (Å²) < 4.78 is 5.94. The Morgan fingerprint density at radius 3 is 2.39 bits per heavy atom. The molecule has 1 saturated carbocycles. The van der Waals surface area contributed by atoms with Crippen LogP contribution in [0.5, 0.6) is 0 Å². The molecular formula is C16H20O2. The van der Waals surface area contributed by atoms with Crippen molar-refractivity contribution < 1.29 is 9.53 Å². The predicted octanol–water partition coefficient (Wildman–Crippen LogP) is 3.26. The first-order valence-corrected chi connectivity index (χ1v) is 6.87. The van der Waals surface area contributed by atoms with Crippen LogP contribution in [0.1, 0.15) is 25.7 Å². The molecule has 0 bridgehead atoms. The smallest absolute Gasteiger partial charge is 0.310 e. The average molecular weight is 244 g/mol. The fourth-order valence-electron chi connectivity index (χ4n) is 4.29. The van der Waals surface area contributed by atoms with Crippen LogP contribution in [0.15, 0.2) is 37.5 Å². The SMILES string of the molecule is C=C[C@@H]1CC[C@H](C=C)C12OC(=O)[C@@H]1CC=CC[C@@H]12. The van der Waals surface area contributed by atoms with E-state index in [0.29, 0.717) is 5.92 Å². The maximum absolute atomic E-state index is 12.2. The molecule has 2 nitrogen and oxygen atoms in total. The molecule has 96 valence electrons. The summed E-state index contributed by atoms with van der Waals surface area (Å²) in [5.74, 6) is 0.920. The number of allylic oxidation sites excluding steroid dienone is 2. The van der Waals surface area contributed by atoms with Gasteiger partial charge in [0.2, 0.25) is 0 Å². The minimum absolute atomic E-state index is 0.00931. The Labute approximate surface area is 108 Å². The normalized spacial score (nSPS) is 45.9. The highest BCUT2D eigenvalue weighted by molar-refractivity contribution is 5.77. The summed E-state index contributed by atoms with van der Waals surface area (Å²) >= 11 is 0. The van der Waals surface area contributed by atoms with Crippen LogP contribution in [0.3, 0.4) is 0 Å². The molecule has 0 radical (unpaired) electrons. The molecular weight excluding hydrogens is 224 g/mol. The van der Waals surface area contributed by atoms with Gasteiger partial charge in [0.15, 0.2) is 0 Å². The zero-order valence-electron chi connectivity index (χ0n) is 10.7. The summed E-state index contributed by atoms with van der Waals surface area (Å²) in [5.41, 5.74) is -0.351. The third-order valence-corrected chi connectivity index (χ3v) is 5.11. The summed E-state index contributed by atoms with van der Waals surface area (Å²) in [6.07, 6.45) is 12.2. The van der Waals surface area contributed by atoms with Crippen LogP contribution in [-0.4, -0.2) is 11.6 Å². The van der Waals surface area contributed by atoms with Crippen molar-refractivity contribution in [3.63, 3.8) is 0 Å². The first-order valence-electron chi connectivity index (χ1n) is 6.87. The van der Waals surface area contributed by atoms with Crippen molar-refractivity contribution in [2.45, 2.75) is 31.3 Å². The molecule has 3 rings (SSSR count). The van der Waals surface area contributed by atoms with Gasteiger partial charge in [-0.25, -0.2) is 0 Å². The number of rotatable bonds is 2. The van der Waals surface area contributed by atoms with E-state index in [1.165, 1.54) is 0 Å². The molecule has 0 amide bonds. The van der Waals surface area contributed by atoms with E-state index in [4.69, 9.17) is 4.74 Å². The number of esters is 1. The van der Waals surface area contributed by atoms with Gasteiger partial charge in [-0.05, 0) is 25.7 Å². The van der Waals surface area contributed by atoms with Crippen LogP contribution in [-0.2, 0) is 9.53 Å². The molecule has 5 atom stereocenters. The van der Waals surface area contributed by atoms with E-state index in [-0.39, 0.29) is 29.3 Å². The van der Waals surface area contributed by atoms with Crippen molar-refractivity contribution >= 4 is 5.97 Å². The third-order valence-electron chi connectivity index (χ3n) is 5.11. The van der Waals surface area contributed by atoms with Crippen molar-refractivity contribution in [2.75, 3.05) is 0 Å². The van der Waals surface area contributed by atoms with E-state index in [1.54, 1.807) is 0 Å². The second kappa shape index (κ2) is 4.11. The molecule has 1 unspecified atom stereocenters. The number of carbonyl (C=O) groups is 1. The third kappa shape index (κ3) is 1.32. The standard InChI is InChI=1S/C16H20O2/c1-3-11-9-10-12(4-2)16(11)14-8-6-5-7-13(14)15(17)18-16/h3-6,11-14H,1-2,7-10H2/t11-,12+,13-,14+,16?/m1/s1. The molecule has 18 heavy (non-hydrogen) atoms. The van der Waals surface area contributed by atoms with Crippen molar-refractivity contribution in [2.24, 2.45) is 23.7 Å². The summed E-state index contributed by atoms with van der Waals surface area (Å²) in [6.45, 7) is 7.90. The number of hydrogen-bond donors (Lipinski definition) is 0. The molecule has 2 aliphatic carbocycles. The van der Waals surface area contributed by atoms with Gasteiger partial charge in [0.05, 0.1) is 5.92 Å². The quantitative estimate of drug-likeness (QED) is 0.550. The number of ether oxygens (including phenoxy) is 1. The molecule has 0 aromatic rings. The Bertz CT molecular complexity index is 405. The molecule has 1 heterocycles. The van der Waals surface area contributed by atoms with Crippen LogP contribution >= 0.6 is 0 Å². The Kier molecular flexibility index (Phi) is 2.69. The van der Waals surface area contributed by atoms with E-state index in [2.05, 4.69) is 25.3 Å². The number of carbonyl (C=O) groups excluding carboxylic acids is 1. The summed E-state index contributed by atoms with van der Waals surface area (Å²) in [4.78, 5) is 12.2. The van der Waals surface area contributed by atoms with Gasteiger partial charge in [0.25, 0.3) is 0 Å². The maximum atomic E-state index is 12.2. The van der Waals surface area contributed by atoms with Crippen LogP contribution in [0, 0.1) is 23.7 Å². The van der Waals surface area contributed by atoms with E-state index in [0.717, 1.165) is 25.7 Å². The number of hydrogen-bond acceptors (Lipinski definition) is 2. The van der Waals surface area contributed by atoms with Crippen LogP contribution < -0.4 is 0 Å². The second-order valence-electron chi connectivity index (χ2n) is 5.69. The zero-order chi connectivity index (χ0) is 12.8. The highest BCUT2D eigenvalue weighted by atomic mass is 16.6. The van der Waals surface area contributed by atoms with Crippen LogP contribution in [0.25, 0.3) is 0 Å². The van der Waals surface area contributed by atoms with Crippen molar-refractivity contribution in [1.29, 1.82) is 0 Å². The lowest BCUT2D eigenvalue weighted by Crippen LogP contribution is -2.45. The second-order valence-corrected chi connectivity index (χ2v) is 5.69. The first-order chi connectivity index (χ1) is 8.74. The first kappa shape index (κ1) is 11.8. The minimum Gasteiger partial charge on any atom is -0.457 e. The van der Waals surface area contributed by atoms with Gasteiger partial charge in [-0.15, -0.1) is 13.2 Å². The molecule has 2 heteroatoms. The minimum atomic E-state index is -0.351. The van der Waals surface area contributed by atoms with Gasteiger partial charge >= 0.3 is 5.97 Å². The summed E-state index contributed by atoms with van der Waals surface area (Å²) in [6, 6.07) is 0. The Morgan fingerprint density at radius 1 is 1.17 bits per heavy atom. The molecule has 1 spiro atoms. The number of fused-ring (bicyclic) bond motifs is 2. The fourth-order valence-corrected chi connectivity index (χ4v) is 4.29. The summed E-state index contributed by atoms with van der Waals surface area (Å²) in [7, 11) is 0. The highest BCUT2D eigenvalue weighted by Crippen LogP contribution is 2.57. The topological polar surface area (TPSA) is 26.3 Å². The predicted molar refractivity (Wildman–Crippen MR) is 70.8 cm³/mol. The molecule has 1 aliphatic heterocycles. The lowest BCUT2D eigenvalue weighted by molar-refractivity contribution is -0.155. The molecule has 2 fully saturated rings. The van der Waals surface area contributed by atoms with E-state index < -0.39 is 0 Å². The lowest BCUT2D eigenvalue weighted by atomic mass is 9.67. The monoisotopic (exact) mass is 244 g/mol. The Balaban J connectivity index is 2.06. The van der Waals surface area contributed by atoms with Gasteiger partial charge in [-0.1, -0.05) is 24.3 Å². The summed E-state index contributed by atoms with van der Waals surface area (Å²) in [5, 5.41) is 0. The molecule has 0 aromatic heterocycles. The van der Waals surface area contributed by atoms with Crippen molar-refractivity contribution in [3.05, 3.63) is 37.5 Å². The molecule has 0 aromatic carbocycles. The van der Waals surface area contributed by atoms with Crippen LogP contribution in [0.4, 0.5) is 0 Å². The van der Waals surface area contributed by atoms with E-state index >= 15 is 0 Å². The largest absolute Gasteiger partial charge is 0.457 e. The van der Waals surface area contributed by atoms with Gasteiger partial charge in [0.1, 0.15) is 5.60 Å². The maximum Gasteiger partial charge on any atom is 0.310 e. The van der Waals surface area contributed by atoms with Crippen molar-refractivity contribution in [1.82, 2.24) is 0 Å². The van der Waals surface area contributed by atoms with Crippen molar-refractivity contribution in [3.8, 4) is 0 Å². The molecule has 1 saturated heterocycles. The van der Waals surface area contributed by atoms with Gasteiger partial charge in [-0.2, -0.15) is 0 Å².